The summed E-state index contributed by atoms with van der Waals surface area (Å²) < 4.78 is 71.7. The Balaban J connectivity index is 1.82. The van der Waals surface area contributed by atoms with Crippen molar-refractivity contribution >= 4 is 0 Å². The summed E-state index contributed by atoms with van der Waals surface area (Å²) in [6.45, 7) is -0.384. The molecule has 0 N–H and O–H groups in total. The van der Waals surface area contributed by atoms with Crippen molar-refractivity contribution in [1.29, 1.82) is 0 Å². The average molecular weight is 363 g/mol. The lowest BCUT2D eigenvalue weighted by Crippen LogP contribution is -2.20. The monoisotopic (exact) mass is 363 g/mol. The maximum atomic E-state index is 12.4. The smallest absolute Gasteiger partial charge is 0.415 e. The second kappa shape index (κ2) is 6.07. The van der Waals surface area contributed by atoms with Gasteiger partial charge in [-0.3, -0.25) is 4.79 Å². The molecule has 3 aromatic heterocycles. The minimum Gasteiger partial charge on any atom is -0.415 e. The summed E-state index contributed by atoms with van der Waals surface area (Å²) in [5.41, 5.74) is -0.600. The van der Waals surface area contributed by atoms with Crippen LogP contribution >= 0.6 is 0 Å². The van der Waals surface area contributed by atoms with Gasteiger partial charge in [0.2, 0.25) is 5.89 Å². The van der Waals surface area contributed by atoms with Crippen molar-refractivity contribution in [2.24, 2.45) is 0 Å². The second-order valence-corrected chi connectivity index (χ2v) is 4.64. The molecular weight excluding hydrogens is 357 g/mol. The normalized spacial score (nSPS) is 12.1. The molecule has 0 amide bonds. The first-order valence-electron chi connectivity index (χ1n) is 6.46. The van der Waals surface area contributed by atoms with Crippen LogP contribution in [-0.4, -0.2) is 24.9 Å². The van der Waals surface area contributed by atoms with Gasteiger partial charge in [0.25, 0.3) is 11.4 Å². The molecule has 0 bridgehead atoms. The Hall–Kier alpha value is -3.12. The predicted molar refractivity (Wildman–Crippen MR) is 67.4 cm³/mol. The molecule has 0 aliphatic carbocycles. The van der Waals surface area contributed by atoms with E-state index >= 15 is 0 Å². The summed E-state index contributed by atoms with van der Waals surface area (Å²) in [5.74, 6) is -3.08. The second-order valence-electron chi connectivity index (χ2n) is 4.64. The number of hydrogen-bond donors (Lipinski definition) is 0. The Labute approximate surface area is 133 Å². The van der Waals surface area contributed by atoms with Gasteiger partial charge in [0, 0.05) is 17.8 Å². The molecule has 0 atom stereocenters. The third-order valence-electron chi connectivity index (χ3n) is 2.89. The van der Waals surface area contributed by atoms with E-state index in [9.17, 15) is 26.7 Å². The molecule has 132 valence electrons. The Morgan fingerprint density at radius 1 is 1.24 bits per heavy atom. The van der Waals surface area contributed by atoms with E-state index in [4.69, 9.17) is 4.42 Å². The number of rotatable bonds is 4. The molecule has 0 aliphatic rings. The van der Waals surface area contributed by atoms with Crippen molar-refractivity contribution in [2.45, 2.75) is 19.1 Å². The molecule has 0 spiro atoms. The van der Waals surface area contributed by atoms with Gasteiger partial charge < -0.3 is 13.5 Å². The third-order valence-corrected chi connectivity index (χ3v) is 2.89. The van der Waals surface area contributed by atoms with Crippen LogP contribution in [0.3, 0.4) is 0 Å². The van der Waals surface area contributed by atoms with Crippen LogP contribution in [0.25, 0.3) is 11.5 Å². The van der Waals surface area contributed by atoms with Gasteiger partial charge in [0.1, 0.15) is 0 Å². The van der Waals surface area contributed by atoms with Gasteiger partial charge in [-0.1, -0.05) is 5.16 Å². The van der Waals surface area contributed by atoms with Crippen LogP contribution < -0.4 is 5.56 Å². The topological polar surface area (TPSA) is 99.8 Å². The van der Waals surface area contributed by atoms with Gasteiger partial charge in [-0.25, -0.2) is 0 Å². The van der Waals surface area contributed by atoms with E-state index in [1.165, 1.54) is 12.3 Å². The van der Waals surface area contributed by atoms with Gasteiger partial charge in [-0.05, 0) is 6.07 Å². The Morgan fingerprint density at radius 3 is 2.56 bits per heavy atom. The number of pyridine rings is 1. The molecule has 25 heavy (non-hydrogen) atoms. The Morgan fingerprint density at radius 2 is 2.00 bits per heavy atom. The SMILES string of the molecule is O=c1cc(-c2nnc(C(F)F)o2)ccn1Cc1noc(C(F)(F)F)n1. The highest BCUT2D eigenvalue weighted by molar-refractivity contribution is 5.50. The van der Waals surface area contributed by atoms with Crippen LogP contribution in [0.2, 0.25) is 0 Å². The molecule has 0 aliphatic heterocycles. The van der Waals surface area contributed by atoms with Crippen LogP contribution in [0.15, 0.2) is 32.1 Å². The lowest BCUT2D eigenvalue weighted by molar-refractivity contribution is -0.159. The van der Waals surface area contributed by atoms with E-state index in [2.05, 4.69) is 24.9 Å². The molecule has 0 aromatic carbocycles. The maximum absolute atomic E-state index is 12.4. The largest absolute Gasteiger partial charge is 0.471 e. The number of nitrogens with zero attached hydrogens (tertiary/aromatic N) is 5. The molecule has 3 aromatic rings. The van der Waals surface area contributed by atoms with Gasteiger partial charge >= 0.3 is 18.5 Å². The van der Waals surface area contributed by atoms with Gasteiger partial charge in [-0.2, -0.15) is 26.9 Å². The first kappa shape index (κ1) is 16.7. The number of aromatic nitrogens is 5. The summed E-state index contributed by atoms with van der Waals surface area (Å²) >= 11 is 0. The van der Waals surface area contributed by atoms with E-state index in [1.807, 2.05) is 0 Å². The first-order chi connectivity index (χ1) is 11.7. The molecule has 13 heteroatoms. The lowest BCUT2D eigenvalue weighted by atomic mass is 10.2. The fourth-order valence-corrected chi connectivity index (χ4v) is 1.80. The van der Waals surface area contributed by atoms with E-state index in [1.54, 1.807) is 0 Å². The predicted octanol–water partition coefficient (Wildman–Crippen LogP) is 2.29. The minimum absolute atomic E-state index is 0.0738. The van der Waals surface area contributed by atoms with E-state index in [-0.39, 0.29) is 23.8 Å². The summed E-state index contributed by atoms with van der Waals surface area (Å²) in [6, 6.07) is 2.28. The van der Waals surface area contributed by atoms with Crippen molar-refractivity contribution in [2.75, 3.05) is 0 Å². The maximum Gasteiger partial charge on any atom is 0.471 e. The van der Waals surface area contributed by atoms with Crippen molar-refractivity contribution < 1.29 is 30.9 Å². The molecule has 3 rings (SSSR count). The highest BCUT2D eigenvalue weighted by Crippen LogP contribution is 2.27. The van der Waals surface area contributed by atoms with Crippen molar-refractivity contribution in [3.63, 3.8) is 0 Å². The molecule has 0 fully saturated rings. The summed E-state index contributed by atoms with van der Waals surface area (Å²) in [4.78, 5) is 15.1. The zero-order valence-corrected chi connectivity index (χ0v) is 11.9. The molecule has 0 saturated carbocycles. The molecular formula is C12H6F5N5O3. The zero-order valence-electron chi connectivity index (χ0n) is 11.9. The van der Waals surface area contributed by atoms with Crippen molar-refractivity contribution in [1.82, 2.24) is 24.9 Å². The summed E-state index contributed by atoms with van der Waals surface area (Å²) in [5, 5.41) is 9.64. The van der Waals surface area contributed by atoms with E-state index in [0.29, 0.717) is 0 Å². The fourth-order valence-electron chi connectivity index (χ4n) is 1.80. The molecule has 0 unspecified atom stereocenters. The van der Waals surface area contributed by atoms with Gasteiger partial charge in [0.05, 0.1) is 6.54 Å². The number of halogens is 5. The van der Waals surface area contributed by atoms with Gasteiger partial charge in [0.15, 0.2) is 5.82 Å². The molecule has 0 saturated heterocycles. The minimum atomic E-state index is -4.79. The molecule has 0 radical (unpaired) electrons. The summed E-state index contributed by atoms with van der Waals surface area (Å²) in [7, 11) is 0. The first-order valence-corrected chi connectivity index (χ1v) is 6.46. The van der Waals surface area contributed by atoms with Crippen LogP contribution in [0, 0.1) is 0 Å². The highest BCUT2D eigenvalue weighted by atomic mass is 19.4. The molecule has 8 nitrogen and oxygen atoms in total. The van der Waals surface area contributed by atoms with Gasteiger partial charge in [-0.15, -0.1) is 10.2 Å². The third kappa shape index (κ3) is 3.54. The average Bonchev–Trinajstić information content (AvgIpc) is 3.18. The number of alkyl halides is 5. The number of hydrogen-bond acceptors (Lipinski definition) is 7. The Kier molecular flexibility index (Phi) is 4.06. The van der Waals surface area contributed by atoms with E-state index < -0.39 is 29.9 Å². The lowest BCUT2D eigenvalue weighted by Gasteiger charge is -2.02. The highest BCUT2D eigenvalue weighted by Gasteiger charge is 2.38. The summed E-state index contributed by atoms with van der Waals surface area (Å²) in [6.07, 6.45) is -6.56. The van der Waals surface area contributed by atoms with E-state index in [0.717, 1.165) is 10.6 Å². The van der Waals surface area contributed by atoms with Crippen molar-refractivity contribution in [3.8, 4) is 11.5 Å². The van der Waals surface area contributed by atoms with Crippen LogP contribution in [0.1, 0.15) is 24.0 Å². The Bertz CT molecular complexity index is 945. The fraction of sp³-hybridized carbons (Fsp3) is 0.250. The van der Waals surface area contributed by atoms with Crippen LogP contribution in [-0.2, 0) is 12.7 Å². The molecule has 3 heterocycles. The zero-order chi connectivity index (χ0) is 18.2. The van der Waals surface area contributed by atoms with Crippen LogP contribution in [0.5, 0.6) is 0 Å². The standard InChI is InChI=1S/C12H6F5N5O3/c13-8(14)10-20-19-9(24-10)5-1-2-22(7(23)3-5)4-6-18-11(25-21-6)12(15,16)17/h1-3,8H,4H2. The van der Waals surface area contributed by atoms with Crippen LogP contribution in [0.4, 0.5) is 22.0 Å². The quantitative estimate of drug-likeness (QED) is 0.656. The van der Waals surface area contributed by atoms with Crippen molar-refractivity contribution in [3.05, 3.63) is 46.3 Å².